The van der Waals surface area contributed by atoms with Gasteiger partial charge in [0.2, 0.25) is 5.91 Å². The van der Waals surface area contributed by atoms with E-state index in [4.69, 9.17) is 0 Å². The standard InChI is InChI=1S/C18H21NO/c1-19-16-9-5-4-8-14(16)15-11-10-12-6-2-3-7-13(12)17(15)18(19)20/h2-3,6-7,15,17H,4-5,8-11H2,1H3/t15-,17+/m0/s1. The molecule has 1 heterocycles. The maximum Gasteiger partial charge on any atom is 0.234 e. The van der Waals surface area contributed by atoms with Crippen molar-refractivity contribution in [2.75, 3.05) is 7.05 Å². The fourth-order valence-electron chi connectivity index (χ4n) is 4.48. The van der Waals surface area contributed by atoms with Crippen molar-refractivity contribution in [3.05, 3.63) is 46.7 Å². The minimum Gasteiger partial charge on any atom is -0.319 e. The molecule has 20 heavy (non-hydrogen) atoms. The number of carbonyl (C=O) groups excluding carboxylic acids is 1. The maximum absolute atomic E-state index is 12.9. The molecule has 4 rings (SSSR count). The number of hydrogen-bond acceptors (Lipinski definition) is 1. The molecule has 1 aliphatic heterocycles. The second-order valence-corrected chi connectivity index (χ2v) is 6.40. The highest BCUT2D eigenvalue weighted by Crippen LogP contribution is 2.49. The Hall–Kier alpha value is -1.57. The van der Waals surface area contributed by atoms with Crippen LogP contribution in [0.2, 0.25) is 0 Å². The second-order valence-electron chi connectivity index (χ2n) is 6.40. The molecule has 1 aromatic rings. The number of amides is 1. The lowest BCUT2D eigenvalue weighted by atomic mass is 9.67. The smallest absolute Gasteiger partial charge is 0.234 e. The van der Waals surface area contributed by atoms with Gasteiger partial charge >= 0.3 is 0 Å². The minimum absolute atomic E-state index is 0.0850. The Labute approximate surface area is 120 Å². The Bertz CT molecular complexity index is 601. The number of hydrogen-bond donors (Lipinski definition) is 0. The lowest BCUT2D eigenvalue weighted by Crippen LogP contribution is -2.43. The number of nitrogens with zero attached hydrogens (tertiary/aromatic N) is 1. The molecule has 104 valence electrons. The summed E-state index contributed by atoms with van der Waals surface area (Å²) in [6.45, 7) is 0. The molecule has 0 bridgehead atoms. The summed E-state index contributed by atoms with van der Waals surface area (Å²) in [5, 5.41) is 0. The van der Waals surface area contributed by atoms with Crippen LogP contribution in [-0.2, 0) is 11.2 Å². The van der Waals surface area contributed by atoms with Crippen LogP contribution in [0.4, 0.5) is 0 Å². The molecule has 0 radical (unpaired) electrons. The van der Waals surface area contributed by atoms with E-state index >= 15 is 0 Å². The van der Waals surface area contributed by atoms with E-state index in [1.807, 2.05) is 11.9 Å². The lowest BCUT2D eigenvalue weighted by Gasteiger charge is -2.44. The summed E-state index contributed by atoms with van der Waals surface area (Å²) in [6, 6.07) is 8.55. The van der Waals surface area contributed by atoms with Crippen molar-refractivity contribution >= 4 is 5.91 Å². The van der Waals surface area contributed by atoms with Crippen molar-refractivity contribution in [1.29, 1.82) is 0 Å². The average Bonchev–Trinajstić information content (AvgIpc) is 2.51. The molecule has 3 aliphatic rings. The van der Waals surface area contributed by atoms with Crippen molar-refractivity contribution in [3.63, 3.8) is 0 Å². The fourth-order valence-corrected chi connectivity index (χ4v) is 4.48. The van der Waals surface area contributed by atoms with Gasteiger partial charge in [-0.3, -0.25) is 4.79 Å². The highest BCUT2D eigenvalue weighted by atomic mass is 16.2. The molecule has 2 atom stereocenters. The molecule has 2 aliphatic carbocycles. The number of benzene rings is 1. The van der Waals surface area contributed by atoms with E-state index in [1.165, 1.54) is 36.1 Å². The molecule has 0 aromatic heterocycles. The van der Waals surface area contributed by atoms with E-state index in [0.29, 0.717) is 11.8 Å². The average molecular weight is 267 g/mol. The van der Waals surface area contributed by atoms with Gasteiger partial charge in [0.05, 0.1) is 5.92 Å². The van der Waals surface area contributed by atoms with Crippen LogP contribution in [0.5, 0.6) is 0 Å². The first-order valence-corrected chi connectivity index (χ1v) is 7.84. The molecule has 2 nitrogen and oxygen atoms in total. The van der Waals surface area contributed by atoms with Crippen LogP contribution in [0.25, 0.3) is 0 Å². The molecule has 0 saturated heterocycles. The van der Waals surface area contributed by atoms with Crippen LogP contribution in [0.15, 0.2) is 35.5 Å². The SMILES string of the molecule is CN1C(=O)[C@@H]2c3ccccc3CC[C@H]2C2=C1CCCC2. The maximum atomic E-state index is 12.9. The van der Waals surface area contributed by atoms with Gasteiger partial charge in [0, 0.05) is 12.7 Å². The number of aryl methyl sites for hydroxylation is 1. The van der Waals surface area contributed by atoms with Gasteiger partial charge in [-0.1, -0.05) is 24.3 Å². The van der Waals surface area contributed by atoms with Gasteiger partial charge in [-0.15, -0.1) is 0 Å². The second kappa shape index (κ2) is 4.47. The van der Waals surface area contributed by atoms with E-state index in [0.717, 1.165) is 19.3 Å². The zero-order valence-corrected chi connectivity index (χ0v) is 12.1. The summed E-state index contributed by atoms with van der Waals surface area (Å²) in [4.78, 5) is 14.8. The highest BCUT2D eigenvalue weighted by Gasteiger charge is 2.43. The van der Waals surface area contributed by atoms with Gasteiger partial charge in [-0.05, 0) is 61.1 Å². The van der Waals surface area contributed by atoms with E-state index in [1.54, 1.807) is 5.57 Å². The van der Waals surface area contributed by atoms with Gasteiger partial charge in [0.15, 0.2) is 0 Å². The molecule has 0 spiro atoms. The normalized spacial score (nSPS) is 28.9. The van der Waals surface area contributed by atoms with Gasteiger partial charge in [0.25, 0.3) is 0 Å². The van der Waals surface area contributed by atoms with Crippen LogP contribution >= 0.6 is 0 Å². The van der Waals surface area contributed by atoms with E-state index in [9.17, 15) is 4.79 Å². The number of rotatable bonds is 0. The summed E-state index contributed by atoms with van der Waals surface area (Å²) < 4.78 is 0. The monoisotopic (exact) mass is 267 g/mol. The van der Waals surface area contributed by atoms with E-state index in [2.05, 4.69) is 24.3 Å². The number of likely N-dealkylation sites (N-methyl/N-ethyl adjacent to an activating group) is 1. The highest BCUT2D eigenvalue weighted by molar-refractivity contribution is 5.88. The molecular formula is C18H21NO. The Morgan fingerprint density at radius 1 is 1.10 bits per heavy atom. The van der Waals surface area contributed by atoms with Crippen molar-refractivity contribution in [2.24, 2.45) is 5.92 Å². The summed E-state index contributed by atoms with van der Waals surface area (Å²) in [6.07, 6.45) is 7.13. The molecular weight excluding hydrogens is 246 g/mol. The first-order chi connectivity index (χ1) is 9.77. The Kier molecular flexibility index (Phi) is 2.73. The zero-order chi connectivity index (χ0) is 13.7. The zero-order valence-electron chi connectivity index (χ0n) is 12.1. The largest absolute Gasteiger partial charge is 0.319 e. The third kappa shape index (κ3) is 1.60. The summed E-state index contributed by atoms with van der Waals surface area (Å²) in [5.74, 6) is 0.883. The topological polar surface area (TPSA) is 20.3 Å². The first-order valence-electron chi connectivity index (χ1n) is 7.84. The van der Waals surface area contributed by atoms with Gasteiger partial charge < -0.3 is 4.90 Å². The fraction of sp³-hybridized carbons (Fsp3) is 0.500. The van der Waals surface area contributed by atoms with Gasteiger partial charge in [0.1, 0.15) is 0 Å². The van der Waals surface area contributed by atoms with Crippen LogP contribution in [-0.4, -0.2) is 17.9 Å². The molecule has 2 heteroatoms. The van der Waals surface area contributed by atoms with E-state index in [-0.39, 0.29) is 5.92 Å². The third-order valence-corrected chi connectivity index (χ3v) is 5.45. The van der Waals surface area contributed by atoms with Gasteiger partial charge in [-0.25, -0.2) is 0 Å². The van der Waals surface area contributed by atoms with Crippen LogP contribution < -0.4 is 0 Å². The van der Waals surface area contributed by atoms with Gasteiger partial charge in [-0.2, -0.15) is 0 Å². The predicted octanol–water partition coefficient (Wildman–Crippen LogP) is 3.63. The quantitative estimate of drug-likeness (QED) is 0.703. The molecule has 0 saturated carbocycles. The summed E-state index contributed by atoms with van der Waals surface area (Å²) in [7, 11) is 1.98. The summed E-state index contributed by atoms with van der Waals surface area (Å²) >= 11 is 0. The van der Waals surface area contributed by atoms with Crippen molar-refractivity contribution in [3.8, 4) is 0 Å². The van der Waals surface area contributed by atoms with E-state index < -0.39 is 0 Å². The Morgan fingerprint density at radius 2 is 1.90 bits per heavy atom. The van der Waals surface area contributed by atoms with Crippen LogP contribution in [0, 0.1) is 5.92 Å². The van der Waals surface area contributed by atoms with Crippen molar-refractivity contribution < 1.29 is 4.79 Å². The number of carbonyl (C=O) groups is 1. The molecule has 0 N–H and O–H groups in total. The number of allylic oxidation sites excluding steroid dienone is 2. The predicted molar refractivity (Wildman–Crippen MR) is 79.3 cm³/mol. The number of fused-ring (bicyclic) bond motifs is 4. The van der Waals surface area contributed by atoms with Crippen LogP contribution in [0.1, 0.15) is 49.1 Å². The molecule has 1 aromatic carbocycles. The molecule has 0 unspecified atom stereocenters. The Balaban J connectivity index is 1.86. The molecule has 0 fully saturated rings. The van der Waals surface area contributed by atoms with Crippen molar-refractivity contribution in [1.82, 2.24) is 4.90 Å². The molecule has 1 amide bonds. The summed E-state index contributed by atoms with van der Waals surface area (Å²) in [5.41, 5.74) is 5.62. The van der Waals surface area contributed by atoms with Crippen LogP contribution in [0.3, 0.4) is 0 Å². The third-order valence-electron chi connectivity index (χ3n) is 5.45. The Morgan fingerprint density at radius 3 is 2.80 bits per heavy atom. The lowest BCUT2D eigenvalue weighted by molar-refractivity contribution is -0.132. The minimum atomic E-state index is 0.0850. The first kappa shape index (κ1) is 12.2. The van der Waals surface area contributed by atoms with Crippen molar-refractivity contribution in [2.45, 2.75) is 44.4 Å².